The number of esters is 1. The van der Waals surface area contributed by atoms with Crippen molar-refractivity contribution in [1.29, 1.82) is 0 Å². The monoisotopic (exact) mass is 300 g/mol. The highest BCUT2D eigenvalue weighted by Crippen LogP contribution is 2.34. The van der Waals surface area contributed by atoms with Crippen LogP contribution in [0.15, 0.2) is 0 Å². The molecule has 21 heavy (non-hydrogen) atoms. The molecule has 0 aromatic carbocycles. The van der Waals surface area contributed by atoms with Gasteiger partial charge in [-0.25, -0.2) is 0 Å². The van der Waals surface area contributed by atoms with Gasteiger partial charge in [0.05, 0.1) is 13.2 Å². The quantitative estimate of drug-likeness (QED) is 0.492. The summed E-state index contributed by atoms with van der Waals surface area (Å²) in [6.07, 6.45) is 2.72. The van der Waals surface area contributed by atoms with E-state index in [2.05, 4.69) is 17.1 Å². The van der Waals surface area contributed by atoms with Gasteiger partial charge in [-0.3, -0.25) is 9.69 Å². The minimum absolute atomic E-state index is 0.0878. The number of hydrogen-bond donors (Lipinski definition) is 1. The van der Waals surface area contributed by atoms with Crippen molar-refractivity contribution in [3.05, 3.63) is 0 Å². The van der Waals surface area contributed by atoms with E-state index in [1.807, 2.05) is 20.8 Å². The van der Waals surface area contributed by atoms with Gasteiger partial charge in [0.25, 0.3) is 0 Å². The first-order valence-electron chi connectivity index (χ1n) is 8.37. The number of hydrogen-bond acceptors (Lipinski definition) is 5. The van der Waals surface area contributed by atoms with Gasteiger partial charge in [-0.2, -0.15) is 0 Å². The van der Waals surface area contributed by atoms with Gasteiger partial charge in [0.1, 0.15) is 5.54 Å². The van der Waals surface area contributed by atoms with Gasteiger partial charge in [-0.05, 0) is 46.2 Å². The third kappa shape index (κ3) is 4.94. The highest BCUT2D eigenvalue weighted by Gasteiger charge is 2.47. The maximum atomic E-state index is 12.3. The second-order valence-corrected chi connectivity index (χ2v) is 5.56. The Bertz CT molecular complexity index is 312. The number of likely N-dealkylation sites (N-methyl/N-ethyl adjacent to an activating group) is 2. The van der Waals surface area contributed by atoms with Crippen LogP contribution < -0.4 is 5.32 Å². The van der Waals surface area contributed by atoms with Gasteiger partial charge in [0, 0.05) is 19.2 Å². The standard InChI is InChI=1S/C16H32N2O3/c1-5-17-16(15(19)21-8-4)10-9-14(13-16)18(6-2)11-12-20-7-3/h14,17H,5-13H2,1-4H3. The van der Waals surface area contributed by atoms with Crippen LogP contribution in [0.4, 0.5) is 0 Å². The molecule has 0 spiro atoms. The van der Waals surface area contributed by atoms with E-state index in [0.29, 0.717) is 12.6 Å². The predicted octanol–water partition coefficient (Wildman–Crippen LogP) is 1.81. The van der Waals surface area contributed by atoms with Gasteiger partial charge >= 0.3 is 5.97 Å². The largest absolute Gasteiger partial charge is 0.465 e. The van der Waals surface area contributed by atoms with Gasteiger partial charge < -0.3 is 14.8 Å². The first-order chi connectivity index (χ1) is 10.1. The van der Waals surface area contributed by atoms with Crippen molar-refractivity contribution in [1.82, 2.24) is 10.2 Å². The van der Waals surface area contributed by atoms with Crippen LogP contribution >= 0.6 is 0 Å². The van der Waals surface area contributed by atoms with E-state index >= 15 is 0 Å². The SMILES string of the molecule is CCNC1(C(=O)OCC)CCC(N(CC)CCOCC)C1. The maximum Gasteiger partial charge on any atom is 0.326 e. The number of nitrogens with zero attached hydrogens (tertiary/aromatic N) is 1. The van der Waals surface area contributed by atoms with Crippen LogP contribution in [-0.2, 0) is 14.3 Å². The van der Waals surface area contributed by atoms with Crippen molar-refractivity contribution in [2.24, 2.45) is 0 Å². The zero-order valence-electron chi connectivity index (χ0n) is 14.1. The molecule has 1 aliphatic rings. The van der Waals surface area contributed by atoms with Crippen LogP contribution in [0.1, 0.15) is 47.0 Å². The van der Waals surface area contributed by atoms with Crippen LogP contribution in [0.25, 0.3) is 0 Å². The zero-order chi connectivity index (χ0) is 15.7. The molecule has 0 bridgehead atoms. The molecule has 0 aromatic heterocycles. The van der Waals surface area contributed by atoms with E-state index in [-0.39, 0.29) is 5.97 Å². The lowest BCUT2D eigenvalue weighted by Crippen LogP contribution is -2.52. The Morgan fingerprint density at radius 3 is 2.62 bits per heavy atom. The minimum atomic E-state index is -0.492. The van der Waals surface area contributed by atoms with Crippen LogP contribution in [0.5, 0.6) is 0 Å². The fraction of sp³-hybridized carbons (Fsp3) is 0.938. The molecule has 0 aliphatic heterocycles. The average Bonchev–Trinajstić information content (AvgIpc) is 2.90. The number of ether oxygens (including phenoxy) is 2. The number of carbonyl (C=O) groups is 1. The Labute approximate surface area is 129 Å². The van der Waals surface area contributed by atoms with E-state index in [9.17, 15) is 4.79 Å². The lowest BCUT2D eigenvalue weighted by molar-refractivity contribution is -0.151. The third-order valence-electron chi connectivity index (χ3n) is 4.32. The van der Waals surface area contributed by atoms with Crippen molar-refractivity contribution < 1.29 is 14.3 Å². The molecule has 2 unspecified atom stereocenters. The van der Waals surface area contributed by atoms with Crippen LogP contribution in [0.3, 0.4) is 0 Å². The summed E-state index contributed by atoms with van der Waals surface area (Å²) in [4.78, 5) is 14.8. The van der Waals surface area contributed by atoms with Crippen molar-refractivity contribution in [2.45, 2.75) is 58.5 Å². The van der Waals surface area contributed by atoms with Gasteiger partial charge in [-0.15, -0.1) is 0 Å². The lowest BCUT2D eigenvalue weighted by atomic mass is 9.97. The molecular formula is C16H32N2O3. The molecule has 0 amide bonds. The molecule has 0 saturated heterocycles. The lowest BCUT2D eigenvalue weighted by Gasteiger charge is -2.31. The van der Waals surface area contributed by atoms with E-state index in [1.165, 1.54) is 0 Å². The molecule has 5 heteroatoms. The summed E-state index contributed by atoms with van der Waals surface area (Å²) in [6.45, 7) is 12.8. The predicted molar refractivity (Wildman–Crippen MR) is 84.4 cm³/mol. The zero-order valence-corrected chi connectivity index (χ0v) is 14.1. The van der Waals surface area contributed by atoms with E-state index < -0.39 is 5.54 Å². The molecule has 0 radical (unpaired) electrons. The average molecular weight is 300 g/mol. The summed E-state index contributed by atoms with van der Waals surface area (Å²) in [5.41, 5.74) is -0.492. The summed E-state index contributed by atoms with van der Waals surface area (Å²) in [6, 6.07) is 0.430. The maximum absolute atomic E-state index is 12.3. The van der Waals surface area contributed by atoms with E-state index in [0.717, 1.165) is 52.1 Å². The second kappa shape index (κ2) is 9.38. The van der Waals surface area contributed by atoms with Crippen LogP contribution in [0.2, 0.25) is 0 Å². The molecule has 2 atom stereocenters. The molecule has 0 heterocycles. The summed E-state index contributed by atoms with van der Waals surface area (Å²) < 4.78 is 10.8. The Morgan fingerprint density at radius 1 is 1.29 bits per heavy atom. The molecule has 1 N–H and O–H groups in total. The normalized spacial score (nSPS) is 25.5. The smallest absolute Gasteiger partial charge is 0.326 e. The van der Waals surface area contributed by atoms with E-state index in [1.54, 1.807) is 0 Å². The van der Waals surface area contributed by atoms with Gasteiger partial charge in [0.2, 0.25) is 0 Å². The molecule has 0 aromatic rings. The molecule has 1 aliphatic carbocycles. The summed E-state index contributed by atoms with van der Waals surface area (Å²) in [5, 5.41) is 3.39. The van der Waals surface area contributed by atoms with Crippen molar-refractivity contribution in [2.75, 3.05) is 39.5 Å². The topological polar surface area (TPSA) is 50.8 Å². The van der Waals surface area contributed by atoms with Crippen LogP contribution in [0, 0.1) is 0 Å². The summed E-state index contributed by atoms with van der Waals surface area (Å²) >= 11 is 0. The van der Waals surface area contributed by atoms with Crippen molar-refractivity contribution >= 4 is 5.97 Å². The highest BCUT2D eigenvalue weighted by atomic mass is 16.5. The highest BCUT2D eigenvalue weighted by molar-refractivity contribution is 5.81. The Balaban J connectivity index is 2.65. The molecule has 1 rings (SSSR count). The number of nitrogens with one attached hydrogen (secondary N) is 1. The molecular weight excluding hydrogens is 268 g/mol. The van der Waals surface area contributed by atoms with Crippen molar-refractivity contribution in [3.63, 3.8) is 0 Å². The summed E-state index contributed by atoms with van der Waals surface area (Å²) in [7, 11) is 0. The number of rotatable bonds is 10. The fourth-order valence-corrected chi connectivity index (χ4v) is 3.28. The molecule has 1 fully saturated rings. The van der Waals surface area contributed by atoms with Gasteiger partial charge in [0.15, 0.2) is 0 Å². The second-order valence-electron chi connectivity index (χ2n) is 5.56. The Kier molecular flexibility index (Phi) is 8.22. The van der Waals surface area contributed by atoms with Gasteiger partial charge in [-0.1, -0.05) is 13.8 Å². The Morgan fingerprint density at radius 2 is 2.05 bits per heavy atom. The van der Waals surface area contributed by atoms with Crippen molar-refractivity contribution in [3.8, 4) is 0 Å². The third-order valence-corrected chi connectivity index (χ3v) is 4.32. The fourth-order valence-electron chi connectivity index (χ4n) is 3.28. The molecule has 1 saturated carbocycles. The first kappa shape index (κ1) is 18.4. The van der Waals surface area contributed by atoms with E-state index in [4.69, 9.17) is 9.47 Å². The molecule has 5 nitrogen and oxygen atoms in total. The minimum Gasteiger partial charge on any atom is -0.465 e. The van der Waals surface area contributed by atoms with Crippen LogP contribution in [-0.4, -0.2) is 61.9 Å². The number of carbonyl (C=O) groups excluding carboxylic acids is 1. The molecule has 124 valence electrons. The summed E-state index contributed by atoms with van der Waals surface area (Å²) in [5.74, 6) is -0.0878. The Hall–Kier alpha value is -0.650. The first-order valence-corrected chi connectivity index (χ1v) is 8.37.